The minimum atomic E-state index is 0.541. The highest BCUT2D eigenvalue weighted by Gasteiger charge is 2.13. The zero-order valence-electron chi connectivity index (χ0n) is 12.5. The van der Waals surface area contributed by atoms with Crippen LogP contribution in [0, 0.1) is 0 Å². The summed E-state index contributed by atoms with van der Waals surface area (Å²) in [6.07, 6.45) is 1.77. The maximum absolute atomic E-state index is 6.07. The van der Waals surface area contributed by atoms with Gasteiger partial charge < -0.3 is 4.42 Å². The van der Waals surface area contributed by atoms with E-state index in [1.165, 1.54) is 0 Å². The van der Waals surface area contributed by atoms with Crippen molar-refractivity contribution in [2.24, 2.45) is 0 Å². The first-order chi connectivity index (χ1) is 11.8. The van der Waals surface area contributed by atoms with Crippen LogP contribution in [0.5, 0.6) is 0 Å². The molecule has 0 amide bonds. The number of nitrogens with zero attached hydrogens (tertiary/aromatic N) is 2. The van der Waals surface area contributed by atoms with Gasteiger partial charge in [-0.2, -0.15) is 0 Å². The van der Waals surface area contributed by atoms with E-state index in [9.17, 15) is 0 Å². The second kappa shape index (κ2) is 5.05. The Morgan fingerprint density at radius 3 is 2.75 bits per heavy atom. The van der Waals surface area contributed by atoms with Gasteiger partial charge in [-0.15, -0.1) is 0 Å². The highest BCUT2D eigenvalue weighted by molar-refractivity contribution is 6.30. The predicted octanol–water partition coefficient (Wildman–Crippen LogP) is 5.85. The fraction of sp³-hybridized carbons (Fsp3) is 0. The van der Waals surface area contributed by atoms with Crippen LogP contribution in [0.25, 0.3) is 44.2 Å². The van der Waals surface area contributed by atoms with Gasteiger partial charge in [0.25, 0.3) is 0 Å². The van der Waals surface area contributed by atoms with Crippen molar-refractivity contribution in [1.29, 1.82) is 0 Å². The highest BCUT2D eigenvalue weighted by Crippen LogP contribution is 2.33. The van der Waals surface area contributed by atoms with Gasteiger partial charge in [-0.25, -0.2) is 9.97 Å². The molecule has 0 aliphatic carbocycles. The van der Waals surface area contributed by atoms with Gasteiger partial charge in [-0.3, -0.25) is 0 Å². The van der Waals surface area contributed by atoms with Crippen LogP contribution in [-0.2, 0) is 0 Å². The normalized spacial score (nSPS) is 11.5. The second-order valence-electron chi connectivity index (χ2n) is 5.68. The van der Waals surface area contributed by atoms with Crippen LogP contribution in [0.15, 0.2) is 71.3 Å². The van der Waals surface area contributed by atoms with Crippen LogP contribution in [0.3, 0.4) is 0 Å². The minimum absolute atomic E-state index is 0.541. The Bertz CT molecular complexity index is 1230. The topological polar surface area (TPSA) is 38.9 Å². The number of hydrogen-bond acceptors (Lipinski definition) is 3. The first kappa shape index (κ1) is 13.5. The van der Waals surface area contributed by atoms with Gasteiger partial charge in [0.2, 0.25) is 5.71 Å². The van der Waals surface area contributed by atoms with Gasteiger partial charge in [0.1, 0.15) is 11.1 Å². The fourth-order valence-electron chi connectivity index (χ4n) is 3.09. The van der Waals surface area contributed by atoms with Gasteiger partial charge in [0.15, 0.2) is 0 Å². The van der Waals surface area contributed by atoms with Gasteiger partial charge >= 0.3 is 0 Å². The number of aromatic nitrogens is 2. The van der Waals surface area contributed by atoms with E-state index < -0.39 is 0 Å². The maximum Gasteiger partial charge on any atom is 0.246 e. The Morgan fingerprint density at radius 1 is 0.917 bits per heavy atom. The monoisotopic (exact) mass is 330 g/mol. The molecule has 2 heterocycles. The lowest BCUT2D eigenvalue weighted by molar-refractivity contribution is 0.654. The summed E-state index contributed by atoms with van der Waals surface area (Å²) in [7, 11) is 0. The van der Waals surface area contributed by atoms with Crippen molar-refractivity contribution in [3.8, 4) is 11.3 Å². The zero-order chi connectivity index (χ0) is 16.1. The van der Waals surface area contributed by atoms with E-state index in [-0.39, 0.29) is 0 Å². The molecule has 0 saturated carbocycles. The molecule has 0 fully saturated rings. The molecule has 0 saturated heterocycles. The molecule has 0 unspecified atom stereocenters. The summed E-state index contributed by atoms with van der Waals surface area (Å²) in [5.41, 5.74) is 3.79. The molecule has 114 valence electrons. The third kappa shape index (κ3) is 1.99. The van der Waals surface area contributed by atoms with Crippen LogP contribution in [0.1, 0.15) is 0 Å². The van der Waals surface area contributed by atoms with Crippen molar-refractivity contribution in [2.75, 3.05) is 0 Å². The molecule has 0 spiro atoms. The molecule has 0 aliphatic heterocycles. The molecule has 0 atom stereocenters. The van der Waals surface area contributed by atoms with E-state index >= 15 is 0 Å². The Morgan fingerprint density at radius 2 is 1.83 bits per heavy atom. The lowest BCUT2D eigenvalue weighted by atomic mass is 10.1. The Kier molecular flexibility index (Phi) is 2.84. The summed E-state index contributed by atoms with van der Waals surface area (Å²) in [4.78, 5) is 9.27. The molecule has 0 bridgehead atoms. The minimum Gasteiger partial charge on any atom is -0.436 e. The summed E-state index contributed by atoms with van der Waals surface area (Å²) in [6, 6.07) is 19.8. The standard InChI is InChI=1S/C20H11ClN2O/c21-14-6-3-5-13(10-14)16-11-22-19-18-15-7-2-1-4-12(15)8-9-17(18)24-20(19)23-16/h1-11H. The SMILES string of the molecule is Clc1cccc(-c2cnc3c(n2)oc2ccc4ccccc4c23)c1. The number of furan rings is 1. The van der Waals surface area contributed by atoms with Gasteiger partial charge in [0, 0.05) is 10.6 Å². The lowest BCUT2D eigenvalue weighted by Crippen LogP contribution is -1.86. The largest absolute Gasteiger partial charge is 0.436 e. The van der Waals surface area contributed by atoms with E-state index in [1.807, 2.05) is 42.5 Å². The number of fused-ring (bicyclic) bond motifs is 5. The van der Waals surface area contributed by atoms with E-state index in [2.05, 4.69) is 28.2 Å². The average Bonchev–Trinajstić information content (AvgIpc) is 3.00. The quantitative estimate of drug-likeness (QED) is 0.387. The maximum atomic E-state index is 6.07. The molecule has 3 nitrogen and oxygen atoms in total. The molecule has 0 N–H and O–H groups in total. The zero-order valence-corrected chi connectivity index (χ0v) is 13.3. The van der Waals surface area contributed by atoms with Gasteiger partial charge in [-0.05, 0) is 29.0 Å². The smallest absolute Gasteiger partial charge is 0.246 e. The Labute approximate surface area is 142 Å². The van der Waals surface area contributed by atoms with E-state index in [0.29, 0.717) is 10.7 Å². The molecular formula is C20H11ClN2O. The third-order valence-electron chi connectivity index (χ3n) is 4.20. The van der Waals surface area contributed by atoms with Crippen LogP contribution in [0.4, 0.5) is 0 Å². The molecule has 0 aliphatic rings. The van der Waals surface area contributed by atoms with Crippen molar-refractivity contribution in [3.63, 3.8) is 0 Å². The number of rotatable bonds is 1. The molecule has 4 heteroatoms. The number of benzene rings is 3. The van der Waals surface area contributed by atoms with Crippen LogP contribution >= 0.6 is 11.6 Å². The number of halogens is 1. The van der Waals surface area contributed by atoms with Gasteiger partial charge in [-0.1, -0.05) is 54.1 Å². The van der Waals surface area contributed by atoms with Crippen molar-refractivity contribution >= 4 is 44.6 Å². The summed E-state index contributed by atoms with van der Waals surface area (Å²) < 4.78 is 5.95. The van der Waals surface area contributed by atoms with E-state index in [1.54, 1.807) is 6.20 Å². The lowest BCUT2D eigenvalue weighted by Gasteiger charge is -2.00. The summed E-state index contributed by atoms with van der Waals surface area (Å²) >= 11 is 6.07. The molecule has 24 heavy (non-hydrogen) atoms. The van der Waals surface area contributed by atoms with Crippen molar-refractivity contribution in [3.05, 3.63) is 71.9 Å². The first-order valence-electron chi connectivity index (χ1n) is 7.62. The van der Waals surface area contributed by atoms with Crippen molar-refractivity contribution in [1.82, 2.24) is 9.97 Å². The van der Waals surface area contributed by atoms with Crippen molar-refractivity contribution in [2.45, 2.75) is 0 Å². The Hall–Kier alpha value is -2.91. The predicted molar refractivity (Wildman–Crippen MR) is 97.3 cm³/mol. The fourth-order valence-corrected chi connectivity index (χ4v) is 3.28. The van der Waals surface area contributed by atoms with E-state index in [4.69, 9.17) is 16.0 Å². The molecule has 5 rings (SSSR count). The molecule has 2 aromatic heterocycles. The summed E-state index contributed by atoms with van der Waals surface area (Å²) in [5, 5.41) is 3.96. The summed E-state index contributed by atoms with van der Waals surface area (Å²) in [5.74, 6) is 0. The van der Waals surface area contributed by atoms with Crippen molar-refractivity contribution < 1.29 is 4.42 Å². The first-order valence-corrected chi connectivity index (χ1v) is 8.00. The average molecular weight is 331 g/mol. The highest BCUT2D eigenvalue weighted by atomic mass is 35.5. The molecular weight excluding hydrogens is 320 g/mol. The second-order valence-corrected chi connectivity index (χ2v) is 6.12. The summed E-state index contributed by atoms with van der Waals surface area (Å²) in [6.45, 7) is 0. The number of hydrogen-bond donors (Lipinski definition) is 0. The van der Waals surface area contributed by atoms with Crippen LogP contribution in [0.2, 0.25) is 5.02 Å². The molecule has 3 aromatic carbocycles. The molecule has 0 radical (unpaired) electrons. The van der Waals surface area contributed by atoms with Gasteiger partial charge in [0.05, 0.1) is 17.3 Å². The third-order valence-corrected chi connectivity index (χ3v) is 4.43. The molecule has 5 aromatic rings. The van der Waals surface area contributed by atoms with E-state index in [0.717, 1.165) is 38.5 Å². The van der Waals surface area contributed by atoms with Crippen LogP contribution in [-0.4, -0.2) is 9.97 Å². The van der Waals surface area contributed by atoms with Crippen LogP contribution < -0.4 is 0 Å². The Balaban J connectivity index is 1.82.